The molecule has 0 fully saturated rings. The Labute approximate surface area is 133 Å². The normalized spacial score (nSPS) is 10.5. The third kappa shape index (κ3) is 3.15. The minimum absolute atomic E-state index is 0.635. The smallest absolute Gasteiger partial charge is 0.188 e. The van der Waals surface area contributed by atoms with Gasteiger partial charge in [0.05, 0.1) is 4.88 Å². The molecule has 20 heavy (non-hydrogen) atoms. The summed E-state index contributed by atoms with van der Waals surface area (Å²) < 4.78 is 0.939. The van der Waals surface area contributed by atoms with E-state index in [2.05, 4.69) is 36.2 Å². The van der Waals surface area contributed by atoms with Gasteiger partial charge in [-0.05, 0) is 34.1 Å². The van der Waals surface area contributed by atoms with Crippen molar-refractivity contribution in [3.8, 4) is 10.4 Å². The maximum Gasteiger partial charge on any atom is 0.188 e. The zero-order valence-electron chi connectivity index (χ0n) is 10.0. The van der Waals surface area contributed by atoms with Crippen LogP contribution in [0.25, 0.3) is 10.4 Å². The standard InChI is InChI=1S/C13H8BrClN4S/c14-9-3-8(5-16-6-9)11-7-18-13(20-11)19-12-4-10(15)1-2-17-12/h1-7H,(H,17,18,19). The van der Waals surface area contributed by atoms with Crippen LogP contribution in [0.4, 0.5) is 10.9 Å². The van der Waals surface area contributed by atoms with Gasteiger partial charge in [0.1, 0.15) is 5.82 Å². The van der Waals surface area contributed by atoms with Gasteiger partial charge in [-0.15, -0.1) is 0 Å². The van der Waals surface area contributed by atoms with Crippen LogP contribution >= 0.6 is 38.9 Å². The Kier molecular flexibility index (Phi) is 3.95. The van der Waals surface area contributed by atoms with E-state index in [9.17, 15) is 0 Å². The molecule has 3 aromatic heterocycles. The molecule has 0 aliphatic heterocycles. The lowest BCUT2D eigenvalue weighted by Gasteiger charge is -2.00. The Bertz CT molecular complexity index is 746. The molecule has 4 nitrogen and oxygen atoms in total. The molecule has 3 heterocycles. The SMILES string of the molecule is Clc1ccnc(Nc2ncc(-c3cncc(Br)c3)s2)c1. The average Bonchev–Trinajstić information content (AvgIpc) is 2.87. The molecule has 1 N–H and O–H groups in total. The van der Waals surface area contributed by atoms with Crippen LogP contribution in [-0.4, -0.2) is 15.0 Å². The average molecular weight is 368 g/mol. The van der Waals surface area contributed by atoms with Gasteiger partial charge < -0.3 is 5.32 Å². The first-order valence-corrected chi connectivity index (χ1v) is 7.65. The summed E-state index contributed by atoms with van der Waals surface area (Å²) in [4.78, 5) is 13.7. The monoisotopic (exact) mass is 366 g/mol. The molecule has 3 aromatic rings. The van der Waals surface area contributed by atoms with Crippen molar-refractivity contribution in [1.82, 2.24) is 15.0 Å². The molecular formula is C13H8BrClN4S. The summed E-state index contributed by atoms with van der Waals surface area (Å²) in [7, 11) is 0. The molecule has 0 unspecified atom stereocenters. The van der Waals surface area contributed by atoms with Gasteiger partial charge in [0, 0.05) is 39.8 Å². The lowest BCUT2D eigenvalue weighted by Crippen LogP contribution is -1.91. The first-order valence-electron chi connectivity index (χ1n) is 5.66. The predicted molar refractivity (Wildman–Crippen MR) is 85.6 cm³/mol. The van der Waals surface area contributed by atoms with Gasteiger partial charge in [-0.3, -0.25) is 4.98 Å². The number of hydrogen-bond acceptors (Lipinski definition) is 5. The number of halogens is 2. The van der Waals surface area contributed by atoms with E-state index in [1.54, 1.807) is 36.9 Å². The van der Waals surface area contributed by atoms with Gasteiger partial charge in [0.15, 0.2) is 5.13 Å². The number of anilines is 2. The Morgan fingerprint density at radius 3 is 2.85 bits per heavy atom. The third-order valence-corrected chi connectivity index (χ3v) is 4.08. The quantitative estimate of drug-likeness (QED) is 0.725. The van der Waals surface area contributed by atoms with Gasteiger partial charge in [-0.1, -0.05) is 22.9 Å². The van der Waals surface area contributed by atoms with Crippen LogP contribution in [0.3, 0.4) is 0 Å². The van der Waals surface area contributed by atoms with Crippen molar-refractivity contribution in [2.75, 3.05) is 5.32 Å². The van der Waals surface area contributed by atoms with Crippen LogP contribution in [-0.2, 0) is 0 Å². The van der Waals surface area contributed by atoms with Crippen molar-refractivity contribution in [2.45, 2.75) is 0 Å². The highest BCUT2D eigenvalue weighted by Crippen LogP contribution is 2.31. The van der Waals surface area contributed by atoms with E-state index >= 15 is 0 Å². The second-order valence-electron chi connectivity index (χ2n) is 3.91. The van der Waals surface area contributed by atoms with Crippen LogP contribution < -0.4 is 5.32 Å². The Balaban J connectivity index is 1.84. The second kappa shape index (κ2) is 5.87. The van der Waals surface area contributed by atoms with Crippen molar-refractivity contribution in [1.29, 1.82) is 0 Å². The minimum Gasteiger partial charge on any atom is -0.316 e. The molecule has 0 saturated carbocycles. The fraction of sp³-hybridized carbons (Fsp3) is 0. The zero-order chi connectivity index (χ0) is 13.9. The Morgan fingerprint density at radius 2 is 2.05 bits per heavy atom. The van der Waals surface area contributed by atoms with E-state index < -0.39 is 0 Å². The lowest BCUT2D eigenvalue weighted by molar-refractivity contribution is 1.28. The van der Waals surface area contributed by atoms with Crippen LogP contribution in [0.5, 0.6) is 0 Å². The topological polar surface area (TPSA) is 50.7 Å². The van der Waals surface area contributed by atoms with Gasteiger partial charge in [-0.25, -0.2) is 9.97 Å². The number of aromatic nitrogens is 3. The maximum atomic E-state index is 5.92. The van der Waals surface area contributed by atoms with Crippen molar-refractivity contribution < 1.29 is 0 Å². The zero-order valence-corrected chi connectivity index (χ0v) is 13.2. The predicted octanol–water partition coefficient (Wildman–Crippen LogP) is 4.76. The van der Waals surface area contributed by atoms with E-state index in [-0.39, 0.29) is 0 Å². The molecule has 0 amide bonds. The summed E-state index contributed by atoms with van der Waals surface area (Å²) in [6.45, 7) is 0. The second-order valence-corrected chi connectivity index (χ2v) is 6.29. The van der Waals surface area contributed by atoms with Crippen LogP contribution in [0.2, 0.25) is 5.02 Å². The molecule has 0 aliphatic carbocycles. The highest BCUT2D eigenvalue weighted by molar-refractivity contribution is 9.10. The van der Waals surface area contributed by atoms with Crippen molar-refractivity contribution in [3.63, 3.8) is 0 Å². The number of pyridine rings is 2. The molecule has 0 aliphatic rings. The molecule has 0 spiro atoms. The number of rotatable bonds is 3. The fourth-order valence-electron chi connectivity index (χ4n) is 1.59. The minimum atomic E-state index is 0.635. The van der Waals surface area contributed by atoms with Crippen LogP contribution in [0.15, 0.2) is 47.5 Å². The van der Waals surface area contributed by atoms with E-state index in [0.717, 1.165) is 20.0 Å². The van der Waals surface area contributed by atoms with Crippen molar-refractivity contribution >= 4 is 49.8 Å². The molecule has 0 atom stereocenters. The molecule has 100 valence electrons. The summed E-state index contributed by atoms with van der Waals surface area (Å²) in [5.74, 6) is 0.672. The first-order chi connectivity index (χ1) is 9.70. The summed E-state index contributed by atoms with van der Waals surface area (Å²) in [5, 5.41) is 4.52. The molecule has 0 saturated heterocycles. The van der Waals surface area contributed by atoms with E-state index in [4.69, 9.17) is 11.6 Å². The van der Waals surface area contributed by atoms with E-state index in [1.807, 2.05) is 6.07 Å². The summed E-state index contributed by atoms with van der Waals surface area (Å²) >= 11 is 10.9. The highest BCUT2D eigenvalue weighted by Gasteiger charge is 2.06. The van der Waals surface area contributed by atoms with Gasteiger partial charge >= 0.3 is 0 Å². The lowest BCUT2D eigenvalue weighted by atomic mass is 10.3. The first kappa shape index (κ1) is 13.5. The number of hydrogen-bond donors (Lipinski definition) is 1. The molecular weight excluding hydrogens is 360 g/mol. The third-order valence-electron chi connectivity index (χ3n) is 2.45. The summed E-state index contributed by atoms with van der Waals surface area (Å²) in [6.07, 6.45) is 7.01. The number of nitrogens with one attached hydrogen (secondary N) is 1. The summed E-state index contributed by atoms with van der Waals surface area (Å²) in [6, 6.07) is 5.48. The maximum absolute atomic E-state index is 5.92. The molecule has 3 rings (SSSR count). The van der Waals surface area contributed by atoms with Crippen molar-refractivity contribution in [2.24, 2.45) is 0 Å². The fourth-order valence-corrected chi connectivity index (χ4v) is 2.92. The number of nitrogens with zero attached hydrogens (tertiary/aromatic N) is 3. The molecule has 7 heteroatoms. The van der Waals surface area contributed by atoms with Gasteiger partial charge in [0.2, 0.25) is 0 Å². The molecule has 0 bridgehead atoms. The largest absolute Gasteiger partial charge is 0.316 e. The van der Waals surface area contributed by atoms with E-state index in [0.29, 0.717) is 10.8 Å². The van der Waals surface area contributed by atoms with Crippen LogP contribution in [0, 0.1) is 0 Å². The van der Waals surface area contributed by atoms with Crippen molar-refractivity contribution in [3.05, 3.63) is 52.5 Å². The molecule has 0 radical (unpaired) electrons. The summed E-state index contributed by atoms with van der Waals surface area (Å²) in [5.41, 5.74) is 1.02. The Hall–Kier alpha value is -1.50. The number of thiazole rings is 1. The molecule has 0 aromatic carbocycles. The Morgan fingerprint density at radius 1 is 1.15 bits per heavy atom. The highest BCUT2D eigenvalue weighted by atomic mass is 79.9. The van der Waals surface area contributed by atoms with E-state index in [1.165, 1.54) is 11.3 Å². The van der Waals surface area contributed by atoms with Gasteiger partial charge in [-0.2, -0.15) is 0 Å². The van der Waals surface area contributed by atoms with Crippen LogP contribution in [0.1, 0.15) is 0 Å². The van der Waals surface area contributed by atoms with Gasteiger partial charge in [0.25, 0.3) is 0 Å².